The number of hydrogen-bond acceptors (Lipinski definition) is 6. The third kappa shape index (κ3) is 5.32. The predicted molar refractivity (Wildman–Crippen MR) is 149 cm³/mol. The van der Waals surface area contributed by atoms with Crippen molar-refractivity contribution in [3.05, 3.63) is 111 Å². The van der Waals surface area contributed by atoms with E-state index in [1.807, 2.05) is 6.07 Å². The van der Waals surface area contributed by atoms with Gasteiger partial charge in [-0.25, -0.2) is 4.39 Å². The molecule has 0 bridgehead atoms. The van der Waals surface area contributed by atoms with Crippen LogP contribution in [0.5, 0.6) is 23.0 Å². The Morgan fingerprint density at radius 2 is 1.67 bits per heavy atom. The maximum absolute atomic E-state index is 15.1. The number of benzene rings is 3. The Morgan fingerprint density at radius 3 is 2.38 bits per heavy atom. The van der Waals surface area contributed by atoms with Crippen LogP contribution in [0.2, 0.25) is 0 Å². The van der Waals surface area contributed by atoms with E-state index in [0.717, 1.165) is 6.07 Å². The highest BCUT2D eigenvalue weighted by Gasteiger charge is 2.17. The Hall–Kier alpha value is -4.70. The number of aromatic nitrogens is 2. The molecule has 0 aliphatic carbocycles. The molecule has 0 unspecified atom stereocenters. The summed E-state index contributed by atoms with van der Waals surface area (Å²) in [7, 11) is 3.04. The Labute approximate surface area is 230 Å². The summed E-state index contributed by atoms with van der Waals surface area (Å²) < 4.78 is 33.5. The predicted octanol–water partition coefficient (Wildman–Crippen LogP) is 6.35. The van der Waals surface area contributed by atoms with E-state index < -0.39 is 17.3 Å². The number of fused-ring (bicyclic) bond motifs is 1. The molecule has 1 amide bonds. The van der Waals surface area contributed by atoms with Crippen molar-refractivity contribution in [3.8, 4) is 28.7 Å². The monoisotopic (exact) mass is 589 g/mol. The fourth-order valence-corrected chi connectivity index (χ4v) is 4.44. The number of hydrogen-bond donors (Lipinski definition) is 1. The number of halogens is 2. The second kappa shape index (κ2) is 11.0. The first kappa shape index (κ1) is 25.9. The molecule has 0 radical (unpaired) electrons. The lowest BCUT2D eigenvalue weighted by Gasteiger charge is -2.13. The Morgan fingerprint density at radius 1 is 0.923 bits per heavy atom. The van der Waals surface area contributed by atoms with Crippen LogP contribution in [0.15, 0.2) is 94.5 Å². The maximum Gasteiger partial charge on any atom is 0.268 e. The molecule has 10 heteroatoms. The molecule has 5 aromatic rings. The van der Waals surface area contributed by atoms with E-state index in [9.17, 15) is 9.59 Å². The molecule has 5 rings (SSSR count). The van der Waals surface area contributed by atoms with Gasteiger partial charge in [-0.3, -0.25) is 19.1 Å². The molecule has 1 N–H and O–H groups in total. The van der Waals surface area contributed by atoms with E-state index in [4.69, 9.17) is 14.2 Å². The van der Waals surface area contributed by atoms with Crippen molar-refractivity contribution in [3.63, 3.8) is 0 Å². The number of carbonyl (C=O) groups excluding carboxylic acids is 1. The number of methoxy groups -OCH3 is 2. The lowest BCUT2D eigenvalue weighted by molar-refractivity contribution is 0.102. The smallest absolute Gasteiger partial charge is 0.268 e. The Kier molecular flexibility index (Phi) is 7.29. The number of pyridine rings is 2. The van der Waals surface area contributed by atoms with Gasteiger partial charge in [0.1, 0.15) is 11.3 Å². The maximum atomic E-state index is 15.1. The molecular formula is C29H21BrFN3O5. The third-order valence-corrected chi connectivity index (χ3v) is 6.31. The number of anilines is 1. The molecule has 0 saturated carbocycles. The van der Waals surface area contributed by atoms with E-state index in [2.05, 4.69) is 26.2 Å². The van der Waals surface area contributed by atoms with Crippen molar-refractivity contribution in [2.24, 2.45) is 0 Å². The van der Waals surface area contributed by atoms with E-state index in [1.54, 1.807) is 48.7 Å². The minimum atomic E-state index is -0.714. The van der Waals surface area contributed by atoms with Crippen LogP contribution in [-0.4, -0.2) is 29.7 Å². The van der Waals surface area contributed by atoms with Gasteiger partial charge >= 0.3 is 0 Å². The lowest BCUT2D eigenvalue weighted by atomic mass is 10.1. The molecule has 0 spiro atoms. The molecule has 196 valence electrons. The largest absolute Gasteiger partial charge is 0.493 e. The number of carbonyl (C=O) groups is 1. The van der Waals surface area contributed by atoms with Crippen molar-refractivity contribution in [2.45, 2.75) is 0 Å². The number of ether oxygens (including phenoxy) is 3. The standard InChI is InChI=1S/C29H21BrFN3O5/c1-37-26-14-20-23(15-27(26)38-2)32-11-10-24(20)39-25-9-8-18(13-22(25)31)33-28(35)21-12-17(30)16-34(29(21)36)19-6-4-3-5-7-19/h3-16H,1-2H3,(H,33,35). The summed E-state index contributed by atoms with van der Waals surface area (Å²) in [5, 5.41) is 3.18. The molecule has 0 saturated heterocycles. The molecule has 8 nitrogen and oxygen atoms in total. The Bertz CT molecular complexity index is 1760. The molecule has 0 atom stereocenters. The van der Waals surface area contributed by atoms with Crippen LogP contribution in [0.4, 0.5) is 10.1 Å². The fourth-order valence-electron chi connectivity index (χ4n) is 4.01. The van der Waals surface area contributed by atoms with Gasteiger partial charge in [-0.15, -0.1) is 0 Å². The number of rotatable bonds is 7. The average Bonchev–Trinajstić information content (AvgIpc) is 2.95. The molecule has 0 aliphatic heterocycles. The summed E-state index contributed by atoms with van der Waals surface area (Å²) >= 11 is 3.35. The molecule has 0 aliphatic rings. The van der Waals surface area contributed by atoms with Crippen molar-refractivity contribution < 1.29 is 23.4 Å². The molecule has 39 heavy (non-hydrogen) atoms. The summed E-state index contributed by atoms with van der Waals surface area (Å²) in [5.41, 5.74) is 0.705. The zero-order valence-corrected chi connectivity index (χ0v) is 22.4. The Balaban J connectivity index is 1.40. The third-order valence-electron chi connectivity index (χ3n) is 5.88. The van der Waals surface area contributed by atoms with Crippen molar-refractivity contribution in [1.82, 2.24) is 9.55 Å². The summed E-state index contributed by atoms with van der Waals surface area (Å²) in [6, 6.07) is 19.3. The normalized spacial score (nSPS) is 10.8. The van der Waals surface area contributed by atoms with E-state index in [-0.39, 0.29) is 17.0 Å². The molecular weight excluding hydrogens is 569 g/mol. The van der Waals surface area contributed by atoms with Gasteiger partial charge in [-0.2, -0.15) is 0 Å². The highest BCUT2D eigenvalue weighted by atomic mass is 79.9. The van der Waals surface area contributed by atoms with Gasteiger partial charge in [0.05, 0.1) is 19.7 Å². The van der Waals surface area contributed by atoms with Gasteiger partial charge < -0.3 is 19.5 Å². The van der Waals surface area contributed by atoms with Crippen LogP contribution in [0.1, 0.15) is 10.4 Å². The van der Waals surface area contributed by atoms with Gasteiger partial charge in [-0.1, -0.05) is 18.2 Å². The van der Waals surface area contributed by atoms with E-state index in [0.29, 0.717) is 38.3 Å². The second-order valence-corrected chi connectivity index (χ2v) is 9.23. The van der Waals surface area contributed by atoms with Crippen LogP contribution in [0, 0.1) is 5.82 Å². The van der Waals surface area contributed by atoms with Crippen LogP contribution in [0.3, 0.4) is 0 Å². The minimum Gasteiger partial charge on any atom is -0.493 e. The highest BCUT2D eigenvalue weighted by Crippen LogP contribution is 2.37. The summed E-state index contributed by atoms with van der Waals surface area (Å²) in [4.78, 5) is 30.3. The van der Waals surface area contributed by atoms with Gasteiger partial charge in [0.25, 0.3) is 11.5 Å². The SMILES string of the molecule is COc1cc2nccc(Oc3ccc(NC(=O)c4cc(Br)cn(-c5ccccc5)c4=O)cc3F)c2cc1OC. The summed E-state index contributed by atoms with van der Waals surface area (Å²) in [6.45, 7) is 0. The second-order valence-electron chi connectivity index (χ2n) is 8.32. The van der Waals surface area contributed by atoms with Crippen molar-refractivity contribution >= 4 is 38.4 Å². The molecule has 2 heterocycles. The summed E-state index contributed by atoms with van der Waals surface area (Å²) in [5.74, 6) is -0.132. The number of nitrogens with zero attached hydrogens (tertiary/aromatic N) is 2. The molecule has 0 fully saturated rings. The zero-order valence-electron chi connectivity index (χ0n) is 20.8. The summed E-state index contributed by atoms with van der Waals surface area (Å²) in [6.07, 6.45) is 3.12. The van der Waals surface area contributed by atoms with Crippen LogP contribution in [0.25, 0.3) is 16.6 Å². The first-order valence-corrected chi connectivity index (χ1v) is 12.4. The number of para-hydroxylation sites is 1. The van der Waals surface area contributed by atoms with Gasteiger partial charge in [0, 0.05) is 45.8 Å². The van der Waals surface area contributed by atoms with Gasteiger partial charge in [0.2, 0.25) is 0 Å². The van der Waals surface area contributed by atoms with Gasteiger partial charge in [0.15, 0.2) is 23.1 Å². The van der Waals surface area contributed by atoms with Crippen LogP contribution in [-0.2, 0) is 0 Å². The topological polar surface area (TPSA) is 91.7 Å². The first-order chi connectivity index (χ1) is 18.9. The van der Waals surface area contributed by atoms with Crippen LogP contribution >= 0.6 is 15.9 Å². The average molecular weight is 590 g/mol. The number of amides is 1. The molecule has 3 aromatic carbocycles. The first-order valence-electron chi connectivity index (χ1n) is 11.6. The zero-order chi connectivity index (χ0) is 27.5. The fraction of sp³-hybridized carbons (Fsp3) is 0.0690. The lowest BCUT2D eigenvalue weighted by Crippen LogP contribution is -2.28. The van der Waals surface area contributed by atoms with Crippen molar-refractivity contribution in [1.29, 1.82) is 0 Å². The minimum absolute atomic E-state index is 0.0656. The quantitative estimate of drug-likeness (QED) is 0.238. The van der Waals surface area contributed by atoms with Crippen LogP contribution < -0.4 is 25.1 Å². The van der Waals surface area contributed by atoms with Gasteiger partial charge in [-0.05, 0) is 58.4 Å². The van der Waals surface area contributed by atoms with E-state index >= 15 is 4.39 Å². The molecule has 2 aromatic heterocycles. The number of nitrogens with one attached hydrogen (secondary N) is 1. The van der Waals surface area contributed by atoms with E-state index in [1.165, 1.54) is 43.2 Å². The highest BCUT2D eigenvalue weighted by molar-refractivity contribution is 9.10. The van der Waals surface area contributed by atoms with Crippen molar-refractivity contribution in [2.75, 3.05) is 19.5 Å².